The molecule has 0 atom stereocenters. The summed E-state index contributed by atoms with van der Waals surface area (Å²) in [5.41, 5.74) is 0. The highest BCUT2D eigenvalue weighted by Gasteiger charge is 2.48. The third-order valence-electron chi connectivity index (χ3n) is 1.74. The number of hydrogen-bond acceptors (Lipinski definition) is 2. The molecule has 1 aliphatic carbocycles. The van der Waals surface area contributed by atoms with Gasteiger partial charge in [-0.1, -0.05) is 0 Å². The summed E-state index contributed by atoms with van der Waals surface area (Å²) in [7, 11) is 0. The van der Waals surface area contributed by atoms with Gasteiger partial charge in [0, 0.05) is 18.8 Å². The van der Waals surface area contributed by atoms with Crippen molar-refractivity contribution in [1.29, 1.82) is 0 Å². The van der Waals surface area contributed by atoms with Crippen LogP contribution in [0.5, 0.6) is 0 Å². The lowest BCUT2D eigenvalue weighted by Crippen LogP contribution is -2.41. The molecule has 1 aliphatic rings. The van der Waals surface area contributed by atoms with E-state index in [0.717, 1.165) is 0 Å². The Morgan fingerprint density at radius 3 is 2.55 bits per heavy atom. The number of Topliss-reactive ketones (excluding diaryl/α,β-unsaturated/α-hetero) is 1. The number of carbonyl (C=O) groups is 1. The second-order valence-electron chi connectivity index (χ2n) is 2.68. The molecule has 0 radical (unpaired) electrons. The number of hydrogen-bond donors (Lipinski definition) is 0. The van der Waals surface area contributed by atoms with Crippen LogP contribution in [-0.2, 0) is 7.86 Å². The molecule has 1 fully saturated rings. The van der Waals surface area contributed by atoms with Crippen molar-refractivity contribution >= 4 is 28.8 Å². The summed E-state index contributed by atoms with van der Waals surface area (Å²) in [6, 6.07) is 0. The van der Waals surface area contributed by atoms with Gasteiger partial charge in [-0.15, -0.1) is 0 Å². The summed E-state index contributed by atoms with van der Waals surface area (Å²) in [6.07, 6.45) is -0.600. The van der Waals surface area contributed by atoms with E-state index in [2.05, 4.69) is 3.07 Å². The molecule has 0 aromatic carbocycles. The van der Waals surface area contributed by atoms with Crippen molar-refractivity contribution in [2.75, 3.05) is 6.61 Å². The molecule has 0 heterocycles. The SMILES string of the molecule is O=C(COI)C1CC(F)(F)C1. The molecular formula is C6H7F2IO2. The first kappa shape index (κ1) is 9.31. The molecule has 2 nitrogen and oxygen atoms in total. The van der Waals surface area contributed by atoms with E-state index in [4.69, 9.17) is 0 Å². The molecule has 11 heavy (non-hydrogen) atoms. The number of rotatable bonds is 3. The molecule has 0 spiro atoms. The maximum atomic E-state index is 12.2. The van der Waals surface area contributed by atoms with Crippen LogP contribution in [0.3, 0.4) is 0 Å². The minimum absolute atomic E-state index is 0.0543. The van der Waals surface area contributed by atoms with Crippen molar-refractivity contribution in [2.24, 2.45) is 5.92 Å². The maximum absolute atomic E-state index is 12.2. The Bertz CT molecular complexity index is 164. The van der Waals surface area contributed by atoms with Crippen molar-refractivity contribution < 1.29 is 16.6 Å². The Kier molecular flexibility index (Phi) is 2.79. The van der Waals surface area contributed by atoms with E-state index in [9.17, 15) is 13.6 Å². The van der Waals surface area contributed by atoms with Gasteiger partial charge in [0.05, 0.1) is 0 Å². The lowest BCUT2D eigenvalue weighted by atomic mass is 9.79. The standard InChI is InChI=1S/C6H7F2IO2/c7-6(8)1-4(2-6)5(10)3-11-9/h4H,1-3H2. The van der Waals surface area contributed by atoms with Crippen molar-refractivity contribution in [3.8, 4) is 0 Å². The molecule has 0 saturated heterocycles. The minimum Gasteiger partial charge on any atom is -0.308 e. The second kappa shape index (κ2) is 3.30. The number of ketones is 1. The monoisotopic (exact) mass is 276 g/mol. The third-order valence-corrected chi connectivity index (χ3v) is 2.05. The molecule has 5 heteroatoms. The Hall–Kier alpha value is 0.220. The summed E-state index contributed by atoms with van der Waals surface area (Å²) < 4.78 is 28.9. The molecule has 0 amide bonds. The summed E-state index contributed by atoms with van der Waals surface area (Å²) in [5.74, 6) is -3.30. The van der Waals surface area contributed by atoms with Crippen LogP contribution in [-0.4, -0.2) is 18.3 Å². The number of carbonyl (C=O) groups excluding carboxylic acids is 1. The van der Waals surface area contributed by atoms with Gasteiger partial charge in [0.1, 0.15) is 29.6 Å². The quantitative estimate of drug-likeness (QED) is 0.737. The number of alkyl halides is 2. The van der Waals surface area contributed by atoms with Gasteiger partial charge < -0.3 is 3.07 Å². The molecule has 0 bridgehead atoms. The van der Waals surface area contributed by atoms with Crippen molar-refractivity contribution in [3.05, 3.63) is 0 Å². The molecule has 1 rings (SSSR count). The average molecular weight is 276 g/mol. The van der Waals surface area contributed by atoms with Crippen LogP contribution in [0.1, 0.15) is 12.8 Å². The predicted molar refractivity (Wildman–Crippen MR) is 42.7 cm³/mol. The van der Waals surface area contributed by atoms with Gasteiger partial charge in [0.25, 0.3) is 0 Å². The largest absolute Gasteiger partial charge is 0.308 e. The lowest BCUT2D eigenvalue weighted by Gasteiger charge is -2.33. The van der Waals surface area contributed by atoms with Crippen LogP contribution in [0.15, 0.2) is 0 Å². The number of halogens is 3. The summed E-state index contributed by atoms with van der Waals surface area (Å²) in [4.78, 5) is 10.8. The summed E-state index contributed by atoms with van der Waals surface area (Å²) in [6.45, 7) is -0.0543. The van der Waals surface area contributed by atoms with Crippen LogP contribution in [0.25, 0.3) is 0 Å². The topological polar surface area (TPSA) is 26.3 Å². The lowest BCUT2D eigenvalue weighted by molar-refractivity contribution is -0.149. The molecule has 0 N–H and O–H groups in total. The van der Waals surface area contributed by atoms with E-state index in [1.165, 1.54) is 0 Å². The van der Waals surface area contributed by atoms with Gasteiger partial charge in [0.2, 0.25) is 5.92 Å². The fraction of sp³-hybridized carbons (Fsp3) is 0.833. The van der Waals surface area contributed by atoms with Crippen molar-refractivity contribution in [3.63, 3.8) is 0 Å². The Labute approximate surface area is 77.0 Å². The van der Waals surface area contributed by atoms with Gasteiger partial charge in [-0.05, 0) is 0 Å². The summed E-state index contributed by atoms with van der Waals surface area (Å²) >= 11 is 1.58. The van der Waals surface area contributed by atoms with Gasteiger partial charge in [0.15, 0.2) is 5.78 Å². The highest BCUT2D eigenvalue weighted by Crippen LogP contribution is 2.42. The predicted octanol–water partition coefficient (Wildman–Crippen LogP) is 1.97. The molecule has 0 aromatic rings. The van der Waals surface area contributed by atoms with E-state index in [-0.39, 0.29) is 25.2 Å². The second-order valence-corrected chi connectivity index (χ2v) is 3.30. The zero-order valence-corrected chi connectivity index (χ0v) is 7.81. The van der Waals surface area contributed by atoms with Gasteiger partial charge >= 0.3 is 0 Å². The van der Waals surface area contributed by atoms with Gasteiger partial charge in [-0.25, -0.2) is 8.78 Å². The fourth-order valence-corrected chi connectivity index (χ4v) is 1.37. The molecule has 0 unspecified atom stereocenters. The van der Waals surface area contributed by atoms with Gasteiger partial charge in [-0.3, -0.25) is 4.79 Å². The Morgan fingerprint density at radius 2 is 2.18 bits per heavy atom. The van der Waals surface area contributed by atoms with E-state index >= 15 is 0 Å². The molecule has 0 aromatic heterocycles. The molecule has 1 saturated carbocycles. The smallest absolute Gasteiger partial charge is 0.249 e. The minimum atomic E-state index is -2.61. The highest BCUT2D eigenvalue weighted by molar-refractivity contribution is 14.1. The highest BCUT2D eigenvalue weighted by atomic mass is 127. The Morgan fingerprint density at radius 1 is 1.64 bits per heavy atom. The Balaban J connectivity index is 2.27. The first-order chi connectivity index (χ1) is 5.05. The fourth-order valence-electron chi connectivity index (χ4n) is 1.06. The first-order valence-electron chi connectivity index (χ1n) is 3.19. The van der Waals surface area contributed by atoms with Crippen LogP contribution in [0.4, 0.5) is 8.78 Å². The van der Waals surface area contributed by atoms with Crippen molar-refractivity contribution in [2.45, 2.75) is 18.8 Å². The zero-order valence-electron chi connectivity index (χ0n) is 5.65. The molecular weight excluding hydrogens is 269 g/mol. The zero-order chi connectivity index (χ0) is 8.48. The average Bonchev–Trinajstić information content (AvgIpc) is 1.83. The van der Waals surface area contributed by atoms with Crippen molar-refractivity contribution in [1.82, 2.24) is 0 Å². The first-order valence-corrected chi connectivity index (χ1v) is 4.07. The van der Waals surface area contributed by atoms with Gasteiger partial charge in [-0.2, -0.15) is 0 Å². The van der Waals surface area contributed by atoms with E-state index in [1.807, 2.05) is 0 Å². The van der Waals surface area contributed by atoms with E-state index in [0.29, 0.717) is 0 Å². The van der Waals surface area contributed by atoms with E-state index in [1.54, 1.807) is 23.0 Å². The van der Waals surface area contributed by atoms with Crippen LogP contribution >= 0.6 is 23.0 Å². The maximum Gasteiger partial charge on any atom is 0.249 e. The molecule has 0 aliphatic heterocycles. The third kappa shape index (κ3) is 2.33. The van der Waals surface area contributed by atoms with Crippen LogP contribution in [0, 0.1) is 5.92 Å². The molecule has 64 valence electrons. The van der Waals surface area contributed by atoms with E-state index < -0.39 is 11.8 Å². The van der Waals surface area contributed by atoms with Crippen LogP contribution in [0.2, 0.25) is 0 Å². The summed E-state index contributed by atoms with van der Waals surface area (Å²) in [5, 5.41) is 0. The van der Waals surface area contributed by atoms with Crippen LogP contribution < -0.4 is 0 Å². The normalized spacial score (nSPS) is 22.8.